The van der Waals surface area contributed by atoms with Crippen molar-refractivity contribution in [1.29, 1.82) is 0 Å². The summed E-state index contributed by atoms with van der Waals surface area (Å²) in [6, 6.07) is 13.8. The summed E-state index contributed by atoms with van der Waals surface area (Å²) >= 11 is 0. The molecule has 0 unspecified atom stereocenters. The molecule has 4 heteroatoms. The van der Waals surface area contributed by atoms with Crippen molar-refractivity contribution in [3.63, 3.8) is 0 Å². The Morgan fingerprint density at radius 3 is 2.48 bits per heavy atom. The monoisotopic (exact) mass is 287 g/mol. The second-order valence-corrected chi connectivity index (χ2v) is 4.38. The zero-order valence-electron chi connectivity index (χ0n) is 11.4. The van der Waals surface area contributed by atoms with Gasteiger partial charge in [0.2, 0.25) is 0 Å². The largest absolute Gasteiger partial charge is 0.391 e. The minimum absolute atomic E-state index is 0.0554. The second-order valence-electron chi connectivity index (χ2n) is 4.38. The third-order valence-electron chi connectivity index (χ3n) is 2.94. The molecule has 0 bridgehead atoms. The Balaban J connectivity index is 1.95. The maximum Gasteiger partial charge on any atom is 0.264 e. The highest BCUT2D eigenvalue weighted by molar-refractivity contribution is 5.81. The molecule has 0 aromatic heterocycles. The van der Waals surface area contributed by atoms with Crippen LogP contribution in [0.25, 0.3) is 6.08 Å². The van der Waals surface area contributed by atoms with Crippen LogP contribution in [0.15, 0.2) is 60.3 Å². The molecule has 0 fully saturated rings. The van der Waals surface area contributed by atoms with E-state index < -0.39 is 6.43 Å². The van der Waals surface area contributed by atoms with Crippen LogP contribution in [0.5, 0.6) is 0 Å². The molecular formula is C17H15F2NO. The zero-order chi connectivity index (χ0) is 15.1. The van der Waals surface area contributed by atoms with Crippen LogP contribution in [0, 0.1) is 0 Å². The molecule has 0 heterocycles. The molecule has 2 rings (SSSR count). The Kier molecular flexibility index (Phi) is 5.21. The van der Waals surface area contributed by atoms with Crippen molar-refractivity contribution in [2.24, 2.45) is 5.16 Å². The van der Waals surface area contributed by atoms with E-state index in [-0.39, 0.29) is 12.2 Å². The number of oxime groups is 1. The van der Waals surface area contributed by atoms with Gasteiger partial charge < -0.3 is 4.84 Å². The lowest BCUT2D eigenvalue weighted by molar-refractivity contribution is 0.132. The first-order valence-corrected chi connectivity index (χ1v) is 6.44. The molecule has 0 N–H and O–H groups in total. The van der Waals surface area contributed by atoms with Crippen LogP contribution in [0.1, 0.15) is 28.7 Å². The first-order chi connectivity index (χ1) is 10.2. The lowest BCUT2D eigenvalue weighted by Crippen LogP contribution is -1.94. The molecule has 0 aliphatic heterocycles. The van der Waals surface area contributed by atoms with Crippen LogP contribution in [0.4, 0.5) is 8.78 Å². The predicted molar refractivity (Wildman–Crippen MR) is 80.3 cm³/mol. The van der Waals surface area contributed by atoms with Crippen molar-refractivity contribution in [2.75, 3.05) is 0 Å². The van der Waals surface area contributed by atoms with Gasteiger partial charge in [0.05, 0.1) is 6.21 Å². The highest BCUT2D eigenvalue weighted by Gasteiger charge is 2.10. The summed E-state index contributed by atoms with van der Waals surface area (Å²) in [7, 11) is 0. The highest BCUT2D eigenvalue weighted by Crippen LogP contribution is 2.21. The molecule has 2 nitrogen and oxygen atoms in total. The van der Waals surface area contributed by atoms with Gasteiger partial charge in [0.1, 0.15) is 6.61 Å². The molecule has 2 aromatic rings. The van der Waals surface area contributed by atoms with E-state index in [9.17, 15) is 8.78 Å². The smallest absolute Gasteiger partial charge is 0.264 e. The van der Waals surface area contributed by atoms with Crippen LogP contribution in [0.2, 0.25) is 0 Å². The van der Waals surface area contributed by atoms with E-state index in [0.717, 1.165) is 11.1 Å². The molecule has 0 atom stereocenters. The van der Waals surface area contributed by atoms with Gasteiger partial charge in [-0.15, -0.1) is 0 Å². The Labute approximate surface area is 122 Å². The van der Waals surface area contributed by atoms with Gasteiger partial charge in [-0.3, -0.25) is 0 Å². The van der Waals surface area contributed by atoms with Crippen molar-refractivity contribution in [1.82, 2.24) is 0 Å². The van der Waals surface area contributed by atoms with Gasteiger partial charge in [-0.1, -0.05) is 66.3 Å². The molecule has 0 amide bonds. The Morgan fingerprint density at radius 1 is 1.10 bits per heavy atom. The summed E-state index contributed by atoms with van der Waals surface area (Å²) in [4.78, 5) is 5.13. The lowest BCUT2D eigenvalue weighted by Gasteiger charge is -2.04. The SMILES string of the molecule is C=Cc1ccc(CON=Cc2ccccc2C(F)F)cc1. The third-order valence-corrected chi connectivity index (χ3v) is 2.94. The Hall–Kier alpha value is -2.49. The average Bonchev–Trinajstić information content (AvgIpc) is 2.52. The first kappa shape index (κ1) is 14.9. The Bertz CT molecular complexity index is 621. The molecule has 0 saturated heterocycles. The summed E-state index contributed by atoms with van der Waals surface area (Å²) in [5.41, 5.74) is 2.27. The molecule has 0 spiro atoms. The number of rotatable bonds is 6. The van der Waals surface area contributed by atoms with Crippen molar-refractivity contribution >= 4 is 12.3 Å². The number of hydrogen-bond acceptors (Lipinski definition) is 2. The molecular weight excluding hydrogens is 272 g/mol. The summed E-state index contributed by atoms with van der Waals surface area (Å²) in [6.07, 6.45) is 0.531. The first-order valence-electron chi connectivity index (χ1n) is 6.44. The number of nitrogens with zero attached hydrogens (tertiary/aromatic N) is 1. The van der Waals surface area contributed by atoms with Crippen LogP contribution >= 0.6 is 0 Å². The van der Waals surface area contributed by atoms with Crippen LogP contribution in [-0.2, 0) is 11.4 Å². The minimum Gasteiger partial charge on any atom is -0.391 e. The number of halogens is 2. The van der Waals surface area contributed by atoms with E-state index in [2.05, 4.69) is 11.7 Å². The van der Waals surface area contributed by atoms with Crippen molar-refractivity contribution in [3.8, 4) is 0 Å². The van der Waals surface area contributed by atoms with Crippen molar-refractivity contribution < 1.29 is 13.6 Å². The molecule has 0 aliphatic carbocycles. The average molecular weight is 287 g/mol. The fourth-order valence-electron chi connectivity index (χ4n) is 1.78. The van der Waals surface area contributed by atoms with Gasteiger partial charge >= 0.3 is 0 Å². The maximum absolute atomic E-state index is 12.8. The fourth-order valence-corrected chi connectivity index (χ4v) is 1.78. The van der Waals surface area contributed by atoms with Crippen LogP contribution in [0.3, 0.4) is 0 Å². The zero-order valence-corrected chi connectivity index (χ0v) is 11.4. The molecule has 0 saturated carbocycles. The van der Waals surface area contributed by atoms with E-state index in [1.165, 1.54) is 12.3 Å². The van der Waals surface area contributed by atoms with E-state index >= 15 is 0 Å². The summed E-state index contributed by atoms with van der Waals surface area (Å²) in [6.45, 7) is 3.96. The van der Waals surface area contributed by atoms with Crippen molar-refractivity contribution in [2.45, 2.75) is 13.0 Å². The van der Waals surface area contributed by atoms with Gasteiger partial charge in [-0.2, -0.15) is 0 Å². The normalized spacial score (nSPS) is 11.0. The van der Waals surface area contributed by atoms with Gasteiger partial charge in [0, 0.05) is 11.1 Å². The molecule has 0 aliphatic rings. The standard InChI is InChI=1S/C17H15F2NO/c1-2-13-7-9-14(10-8-13)12-21-20-11-15-5-3-4-6-16(15)17(18)19/h2-11,17H,1,12H2. The summed E-state index contributed by atoms with van der Waals surface area (Å²) in [5, 5.41) is 3.74. The maximum atomic E-state index is 12.8. The highest BCUT2D eigenvalue weighted by atomic mass is 19.3. The Morgan fingerprint density at radius 2 is 1.81 bits per heavy atom. The van der Waals surface area contributed by atoms with Crippen LogP contribution < -0.4 is 0 Å². The lowest BCUT2D eigenvalue weighted by atomic mass is 10.1. The van der Waals surface area contributed by atoms with Crippen molar-refractivity contribution in [3.05, 3.63) is 77.4 Å². The van der Waals surface area contributed by atoms with Gasteiger partial charge in [-0.25, -0.2) is 8.78 Å². The number of hydrogen-bond donors (Lipinski definition) is 0. The van der Waals surface area contributed by atoms with Crippen LogP contribution in [-0.4, -0.2) is 6.21 Å². The molecule has 21 heavy (non-hydrogen) atoms. The second kappa shape index (κ2) is 7.33. The molecule has 108 valence electrons. The molecule has 0 radical (unpaired) electrons. The fraction of sp³-hybridized carbons (Fsp3) is 0.118. The number of benzene rings is 2. The van der Waals surface area contributed by atoms with Gasteiger partial charge in [-0.05, 0) is 11.1 Å². The third kappa shape index (κ3) is 4.24. The summed E-state index contributed by atoms with van der Waals surface area (Å²) in [5.74, 6) is 0. The minimum atomic E-state index is -2.53. The van der Waals surface area contributed by atoms with E-state index in [1.54, 1.807) is 24.3 Å². The van der Waals surface area contributed by atoms with E-state index in [4.69, 9.17) is 4.84 Å². The topological polar surface area (TPSA) is 21.6 Å². The summed E-state index contributed by atoms with van der Waals surface area (Å²) < 4.78 is 25.5. The van der Waals surface area contributed by atoms with E-state index in [1.807, 2.05) is 24.3 Å². The predicted octanol–water partition coefficient (Wildman–Crippen LogP) is 4.82. The molecule has 2 aromatic carbocycles. The number of alkyl halides is 2. The van der Waals surface area contributed by atoms with E-state index in [0.29, 0.717) is 5.56 Å². The van der Waals surface area contributed by atoms with Gasteiger partial charge in [0.15, 0.2) is 0 Å². The van der Waals surface area contributed by atoms with Gasteiger partial charge in [0.25, 0.3) is 6.43 Å². The quantitative estimate of drug-likeness (QED) is 0.551.